The molecule has 1 atom stereocenters. The third-order valence-electron chi connectivity index (χ3n) is 5.49. The molecule has 4 rings (SSSR count). The Morgan fingerprint density at radius 2 is 1.90 bits per heavy atom. The topological polar surface area (TPSA) is 48.7 Å². The largest absolute Gasteiger partial charge is 0.459 e. The minimum atomic E-state index is -0.210. The molecule has 1 aromatic carbocycles. The fourth-order valence-corrected chi connectivity index (χ4v) is 5.21. The van der Waals surface area contributed by atoms with Gasteiger partial charge in [-0.25, -0.2) is 0 Å². The molecule has 1 aliphatic heterocycles. The van der Waals surface area contributed by atoms with Crippen LogP contribution >= 0.6 is 23.1 Å². The van der Waals surface area contributed by atoms with Crippen LogP contribution in [0.3, 0.4) is 0 Å². The lowest BCUT2D eigenvalue weighted by molar-refractivity contribution is 0.0996. The van der Waals surface area contributed by atoms with E-state index >= 15 is 0 Å². The average Bonchev–Trinajstić information content (AvgIpc) is 3.41. The summed E-state index contributed by atoms with van der Waals surface area (Å²) >= 11 is 3.37. The maximum atomic E-state index is 12.7. The van der Waals surface area contributed by atoms with Gasteiger partial charge in [0.15, 0.2) is 5.76 Å². The van der Waals surface area contributed by atoms with Gasteiger partial charge in [-0.2, -0.15) is 0 Å². The summed E-state index contributed by atoms with van der Waals surface area (Å²) < 4.78 is 5.29. The van der Waals surface area contributed by atoms with Gasteiger partial charge in [0, 0.05) is 41.5 Å². The van der Waals surface area contributed by atoms with Crippen molar-refractivity contribution in [3.8, 4) is 0 Å². The van der Waals surface area contributed by atoms with E-state index < -0.39 is 0 Å². The van der Waals surface area contributed by atoms with E-state index in [2.05, 4.69) is 65.7 Å². The highest BCUT2D eigenvalue weighted by Crippen LogP contribution is 2.40. The Hall–Kier alpha value is -2.06. The van der Waals surface area contributed by atoms with E-state index in [4.69, 9.17) is 4.42 Å². The molecular weight excluding hydrogens is 414 g/mol. The number of rotatable bonds is 6. The normalized spacial score (nSPS) is 16.5. The Bertz CT molecular complexity index is 975. The van der Waals surface area contributed by atoms with Gasteiger partial charge in [0.2, 0.25) is 0 Å². The van der Waals surface area contributed by atoms with Crippen molar-refractivity contribution in [2.24, 2.45) is 0 Å². The monoisotopic (exact) mass is 441 g/mol. The second kappa shape index (κ2) is 9.39. The van der Waals surface area contributed by atoms with Gasteiger partial charge in [-0.05, 0) is 56.1 Å². The lowest BCUT2D eigenvalue weighted by Gasteiger charge is -2.38. The first-order valence-electron chi connectivity index (χ1n) is 10.1. The van der Waals surface area contributed by atoms with E-state index in [1.807, 2.05) is 0 Å². The molecule has 3 heterocycles. The van der Waals surface area contributed by atoms with Gasteiger partial charge in [0.25, 0.3) is 5.91 Å². The highest BCUT2D eigenvalue weighted by atomic mass is 32.2. The first kappa shape index (κ1) is 21.2. The number of thiophene rings is 1. The van der Waals surface area contributed by atoms with Crippen molar-refractivity contribution >= 4 is 34.0 Å². The molecule has 3 aromatic rings. The number of thioether (sulfide) groups is 1. The predicted molar refractivity (Wildman–Crippen MR) is 125 cm³/mol. The summed E-state index contributed by atoms with van der Waals surface area (Å²) in [6.07, 6.45) is 3.62. The molecule has 2 aromatic heterocycles. The number of likely N-dealkylation sites (N-methyl/N-ethyl adjacent to an activating group) is 1. The van der Waals surface area contributed by atoms with Crippen LogP contribution in [0.25, 0.3) is 0 Å². The summed E-state index contributed by atoms with van der Waals surface area (Å²) in [6.45, 7) is 6.15. The molecule has 0 spiro atoms. The smallest absolute Gasteiger partial charge is 0.291 e. The standard InChI is InChI=1S/C23H27N3O2S2/c1-16-15-19(23(30-16)24-22(27)20-5-4-14-28-20)21(26-12-10-25(2)11-13-26)17-6-8-18(29-3)9-7-17/h4-9,14-15,21H,10-13H2,1-3H3,(H,24,27)/t21-/m1/s1. The Morgan fingerprint density at radius 1 is 1.17 bits per heavy atom. The molecule has 0 bridgehead atoms. The summed E-state index contributed by atoms with van der Waals surface area (Å²) in [5, 5.41) is 3.99. The van der Waals surface area contributed by atoms with Gasteiger partial charge in [-0.3, -0.25) is 9.69 Å². The maximum Gasteiger partial charge on any atom is 0.291 e. The van der Waals surface area contributed by atoms with Crippen molar-refractivity contribution in [3.63, 3.8) is 0 Å². The zero-order chi connectivity index (χ0) is 21.1. The number of amides is 1. The van der Waals surface area contributed by atoms with Crippen LogP contribution in [0.15, 0.2) is 58.0 Å². The number of carbonyl (C=O) groups excluding carboxylic acids is 1. The Labute approximate surface area is 186 Å². The first-order valence-corrected chi connectivity index (χ1v) is 12.1. The van der Waals surface area contributed by atoms with Gasteiger partial charge in [0.1, 0.15) is 5.00 Å². The summed E-state index contributed by atoms with van der Waals surface area (Å²) in [4.78, 5) is 20.0. The fourth-order valence-electron chi connectivity index (χ4n) is 3.86. The number of aryl methyl sites for hydroxylation is 1. The second-order valence-electron chi connectivity index (χ2n) is 7.59. The lowest BCUT2D eigenvalue weighted by atomic mass is 9.97. The number of hydrogen-bond donors (Lipinski definition) is 1. The first-order chi connectivity index (χ1) is 14.5. The molecule has 1 amide bonds. The van der Waals surface area contributed by atoms with Crippen molar-refractivity contribution in [1.29, 1.82) is 0 Å². The summed E-state index contributed by atoms with van der Waals surface area (Å²) in [6, 6.07) is 14.6. The number of hydrogen-bond acceptors (Lipinski definition) is 6. The number of piperazine rings is 1. The number of carbonyl (C=O) groups is 1. The molecule has 0 saturated carbocycles. The van der Waals surface area contributed by atoms with Gasteiger partial charge < -0.3 is 14.6 Å². The Balaban J connectivity index is 1.70. The summed E-state index contributed by atoms with van der Waals surface area (Å²) in [7, 11) is 2.17. The Morgan fingerprint density at radius 3 is 2.53 bits per heavy atom. The van der Waals surface area contributed by atoms with Crippen LogP contribution in [0, 0.1) is 6.92 Å². The van der Waals surface area contributed by atoms with Crippen molar-refractivity contribution < 1.29 is 9.21 Å². The highest BCUT2D eigenvalue weighted by molar-refractivity contribution is 7.98. The number of nitrogens with zero attached hydrogens (tertiary/aromatic N) is 2. The molecule has 7 heteroatoms. The molecule has 1 aliphatic rings. The van der Waals surface area contributed by atoms with Crippen LogP contribution in [0.2, 0.25) is 0 Å². The van der Waals surface area contributed by atoms with E-state index in [0.29, 0.717) is 5.76 Å². The van der Waals surface area contributed by atoms with Gasteiger partial charge in [-0.1, -0.05) is 12.1 Å². The quantitative estimate of drug-likeness (QED) is 0.548. The lowest BCUT2D eigenvalue weighted by Crippen LogP contribution is -2.46. The number of benzene rings is 1. The van der Waals surface area contributed by atoms with E-state index in [1.165, 1.54) is 21.6 Å². The minimum absolute atomic E-state index is 0.103. The predicted octanol–water partition coefficient (Wildman–Crippen LogP) is 4.96. The third-order valence-corrected chi connectivity index (χ3v) is 7.21. The fraction of sp³-hybridized carbons (Fsp3) is 0.348. The molecule has 1 N–H and O–H groups in total. The zero-order valence-electron chi connectivity index (χ0n) is 17.6. The number of furan rings is 1. The van der Waals surface area contributed by atoms with Crippen LogP contribution in [0.1, 0.15) is 32.6 Å². The van der Waals surface area contributed by atoms with Crippen molar-refractivity contribution in [1.82, 2.24) is 9.80 Å². The minimum Gasteiger partial charge on any atom is -0.459 e. The summed E-state index contributed by atoms with van der Waals surface area (Å²) in [5.41, 5.74) is 2.41. The molecule has 5 nitrogen and oxygen atoms in total. The van der Waals surface area contributed by atoms with E-state index in [9.17, 15) is 4.79 Å². The van der Waals surface area contributed by atoms with E-state index in [1.54, 1.807) is 35.2 Å². The average molecular weight is 442 g/mol. The molecule has 0 radical (unpaired) electrons. The van der Waals surface area contributed by atoms with Gasteiger partial charge in [-0.15, -0.1) is 23.1 Å². The molecule has 0 aliphatic carbocycles. The molecule has 0 unspecified atom stereocenters. The molecule has 1 fully saturated rings. The molecule has 158 valence electrons. The maximum absolute atomic E-state index is 12.7. The molecular formula is C23H27N3O2S2. The highest BCUT2D eigenvalue weighted by Gasteiger charge is 2.29. The van der Waals surface area contributed by atoms with Crippen LogP contribution < -0.4 is 5.32 Å². The van der Waals surface area contributed by atoms with E-state index in [0.717, 1.165) is 36.7 Å². The van der Waals surface area contributed by atoms with Crippen molar-refractivity contribution in [2.45, 2.75) is 17.9 Å². The van der Waals surface area contributed by atoms with Crippen molar-refractivity contribution in [2.75, 3.05) is 44.8 Å². The van der Waals surface area contributed by atoms with Gasteiger partial charge in [0.05, 0.1) is 12.3 Å². The van der Waals surface area contributed by atoms with Crippen LogP contribution in [0.5, 0.6) is 0 Å². The van der Waals surface area contributed by atoms with E-state index in [-0.39, 0.29) is 11.9 Å². The van der Waals surface area contributed by atoms with Crippen LogP contribution in [-0.2, 0) is 0 Å². The third kappa shape index (κ3) is 4.64. The zero-order valence-corrected chi connectivity index (χ0v) is 19.2. The van der Waals surface area contributed by atoms with Gasteiger partial charge >= 0.3 is 0 Å². The number of nitrogens with one attached hydrogen (secondary N) is 1. The van der Waals surface area contributed by atoms with Crippen LogP contribution in [-0.4, -0.2) is 55.2 Å². The Kier molecular flexibility index (Phi) is 6.63. The molecule has 1 saturated heterocycles. The number of anilines is 1. The molecule has 30 heavy (non-hydrogen) atoms. The van der Waals surface area contributed by atoms with Crippen molar-refractivity contribution in [3.05, 3.63) is 70.5 Å². The SMILES string of the molecule is CSc1ccc([C@H](c2cc(C)sc2NC(=O)c2ccco2)N2CCN(C)CC2)cc1. The summed E-state index contributed by atoms with van der Waals surface area (Å²) in [5.74, 6) is 0.116. The van der Waals surface area contributed by atoms with Crippen LogP contribution in [0.4, 0.5) is 5.00 Å². The second-order valence-corrected chi connectivity index (χ2v) is 9.72.